The van der Waals surface area contributed by atoms with Gasteiger partial charge in [-0.05, 0) is 64.2 Å². The smallest absolute Gasteiger partial charge is 0.306 e. The second kappa shape index (κ2) is 54.2. The van der Waals surface area contributed by atoms with Gasteiger partial charge < -0.3 is 20.3 Å². The van der Waals surface area contributed by atoms with Gasteiger partial charge in [-0.15, -0.1) is 0 Å². The van der Waals surface area contributed by atoms with Gasteiger partial charge in [-0.1, -0.05) is 277 Å². The number of carbonyl (C=O) groups excluding carboxylic acids is 2. The molecule has 3 unspecified atom stereocenters. The molecule has 0 aromatic carbocycles. The van der Waals surface area contributed by atoms with E-state index in [0.717, 1.165) is 83.5 Å². The molecule has 0 radical (unpaired) electrons. The minimum absolute atomic E-state index is 0.00911. The topological polar surface area (TPSA) is 95.9 Å². The summed E-state index contributed by atoms with van der Waals surface area (Å²) in [5.74, 6) is -0.584. The van der Waals surface area contributed by atoms with Crippen LogP contribution in [0.5, 0.6) is 0 Å². The summed E-state index contributed by atoms with van der Waals surface area (Å²) in [6.45, 7) is 6.28. The lowest BCUT2D eigenvalue weighted by Gasteiger charge is -2.24. The largest absolute Gasteiger partial charge is 0.462 e. The van der Waals surface area contributed by atoms with Crippen molar-refractivity contribution < 1.29 is 24.5 Å². The molecule has 0 rings (SSSR count). The Hall–Kier alpha value is -3.74. The Morgan fingerprint density at radius 2 is 0.809 bits per heavy atom. The molecule has 3 N–H and O–H groups in total. The number of hydrogen-bond acceptors (Lipinski definition) is 5. The Morgan fingerprint density at radius 1 is 0.441 bits per heavy atom. The summed E-state index contributed by atoms with van der Waals surface area (Å²) >= 11 is 0. The first-order valence-corrected chi connectivity index (χ1v) is 27.9. The fraction of sp³-hybridized carbons (Fsp3) is 0.645. The van der Waals surface area contributed by atoms with Gasteiger partial charge in [0.1, 0.15) is 6.10 Å². The van der Waals surface area contributed by atoms with Crippen molar-refractivity contribution in [1.29, 1.82) is 0 Å². The van der Waals surface area contributed by atoms with Gasteiger partial charge in [-0.25, -0.2) is 0 Å². The van der Waals surface area contributed by atoms with Gasteiger partial charge in [0.05, 0.1) is 25.2 Å². The minimum atomic E-state index is -0.821. The summed E-state index contributed by atoms with van der Waals surface area (Å²) in [7, 11) is 0. The number of unbranched alkanes of at least 4 members (excludes halogenated alkanes) is 24. The SMILES string of the molecule is CC\C=C/C=C/C=C/C=C\C=C\C=C\CCCC(CC(=O)NC(CO)C(O)CCCCCCCCCCCCCCCCCC)OC(=O)CCCCCCC/C=C/C=C/C=C/C=C/CCCCC. The van der Waals surface area contributed by atoms with E-state index in [2.05, 4.69) is 86.8 Å². The third-order valence-electron chi connectivity index (χ3n) is 12.0. The van der Waals surface area contributed by atoms with Crippen molar-refractivity contribution in [1.82, 2.24) is 5.32 Å². The Morgan fingerprint density at radius 3 is 1.26 bits per heavy atom. The van der Waals surface area contributed by atoms with Crippen LogP contribution in [0.25, 0.3) is 0 Å². The molecule has 3 atom stereocenters. The van der Waals surface area contributed by atoms with E-state index in [1.54, 1.807) is 0 Å². The zero-order valence-electron chi connectivity index (χ0n) is 43.9. The zero-order valence-corrected chi connectivity index (χ0v) is 43.9. The summed E-state index contributed by atoms with van der Waals surface area (Å²) < 4.78 is 5.90. The van der Waals surface area contributed by atoms with Crippen molar-refractivity contribution in [3.05, 3.63) is 122 Å². The summed E-state index contributed by atoms with van der Waals surface area (Å²) in [6.07, 6.45) is 75.4. The summed E-state index contributed by atoms with van der Waals surface area (Å²) in [5.41, 5.74) is 0. The van der Waals surface area contributed by atoms with Crippen LogP contribution in [0.1, 0.15) is 233 Å². The molecule has 386 valence electrons. The molecule has 0 heterocycles. The van der Waals surface area contributed by atoms with E-state index >= 15 is 0 Å². The van der Waals surface area contributed by atoms with E-state index in [-0.39, 0.29) is 24.9 Å². The van der Waals surface area contributed by atoms with Crippen LogP contribution in [0.3, 0.4) is 0 Å². The summed E-state index contributed by atoms with van der Waals surface area (Å²) in [6, 6.07) is -0.740. The average Bonchev–Trinajstić information content (AvgIpc) is 3.33. The van der Waals surface area contributed by atoms with Gasteiger partial charge in [0.2, 0.25) is 5.91 Å². The first-order valence-electron chi connectivity index (χ1n) is 27.9. The quantitative estimate of drug-likeness (QED) is 0.0321. The van der Waals surface area contributed by atoms with Crippen LogP contribution in [0, 0.1) is 0 Å². The minimum Gasteiger partial charge on any atom is -0.462 e. The summed E-state index contributed by atoms with van der Waals surface area (Å²) in [4.78, 5) is 26.2. The number of aliphatic hydroxyl groups is 2. The molecule has 0 aromatic heterocycles. The molecular weight excluding hydrogens is 839 g/mol. The number of carbonyl (C=O) groups is 2. The van der Waals surface area contributed by atoms with E-state index in [1.807, 2.05) is 60.8 Å². The van der Waals surface area contributed by atoms with Crippen LogP contribution >= 0.6 is 0 Å². The molecular formula is C62H103NO5. The first kappa shape index (κ1) is 64.3. The Balaban J connectivity index is 4.74. The monoisotopic (exact) mass is 942 g/mol. The number of nitrogens with one attached hydrogen (secondary N) is 1. The maximum absolute atomic E-state index is 13.2. The molecule has 0 aliphatic carbocycles. The van der Waals surface area contributed by atoms with Crippen LogP contribution in [-0.4, -0.2) is 46.9 Å². The second-order valence-corrected chi connectivity index (χ2v) is 18.5. The maximum atomic E-state index is 13.2. The molecule has 0 fully saturated rings. The van der Waals surface area contributed by atoms with Crippen LogP contribution in [0.2, 0.25) is 0 Å². The molecule has 0 aliphatic heterocycles. The van der Waals surface area contributed by atoms with Crippen LogP contribution in [0.4, 0.5) is 0 Å². The number of hydrogen-bond donors (Lipinski definition) is 3. The van der Waals surface area contributed by atoms with Crippen molar-refractivity contribution in [2.75, 3.05) is 6.61 Å². The number of allylic oxidation sites excluding steroid dienone is 20. The highest BCUT2D eigenvalue weighted by Crippen LogP contribution is 2.17. The fourth-order valence-corrected chi connectivity index (χ4v) is 7.83. The average molecular weight is 943 g/mol. The van der Waals surface area contributed by atoms with Crippen LogP contribution < -0.4 is 5.32 Å². The second-order valence-electron chi connectivity index (χ2n) is 18.5. The molecule has 0 saturated heterocycles. The Bertz CT molecular complexity index is 1430. The molecule has 1 amide bonds. The highest BCUT2D eigenvalue weighted by atomic mass is 16.5. The number of rotatable bonds is 48. The van der Waals surface area contributed by atoms with E-state index in [1.165, 1.54) is 103 Å². The molecule has 0 aliphatic rings. The Labute approximate surface area is 419 Å². The number of amides is 1. The maximum Gasteiger partial charge on any atom is 0.306 e. The first-order chi connectivity index (χ1) is 33.5. The molecule has 0 bridgehead atoms. The molecule has 0 aromatic rings. The molecule has 6 heteroatoms. The van der Waals surface area contributed by atoms with Crippen molar-refractivity contribution in [3.8, 4) is 0 Å². The summed E-state index contributed by atoms with van der Waals surface area (Å²) in [5, 5.41) is 23.8. The van der Waals surface area contributed by atoms with Crippen molar-refractivity contribution >= 4 is 11.9 Å². The normalized spacial score (nSPS) is 14.1. The highest BCUT2D eigenvalue weighted by Gasteiger charge is 2.24. The van der Waals surface area contributed by atoms with Crippen molar-refractivity contribution in [3.63, 3.8) is 0 Å². The predicted molar refractivity (Wildman–Crippen MR) is 296 cm³/mol. The molecule has 68 heavy (non-hydrogen) atoms. The van der Waals surface area contributed by atoms with Crippen LogP contribution in [0.15, 0.2) is 122 Å². The zero-order chi connectivity index (χ0) is 49.5. The fourth-order valence-electron chi connectivity index (χ4n) is 7.83. The molecule has 0 saturated carbocycles. The number of esters is 1. The molecule has 0 spiro atoms. The third kappa shape index (κ3) is 48.7. The predicted octanol–water partition coefficient (Wildman–Crippen LogP) is 17.2. The van der Waals surface area contributed by atoms with E-state index < -0.39 is 18.2 Å². The molecule has 6 nitrogen and oxygen atoms in total. The van der Waals surface area contributed by atoms with Gasteiger partial charge in [0.25, 0.3) is 0 Å². The lowest BCUT2D eigenvalue weighted by molar-refractivity contribution is -0.151. The van der Waals surface area contributed by atoms with Crippen molar-refractivity contribution in [2.24, 2.45) is 0 Å². The highest BCUT2D eigenvalue weighted by molar-refractivity contribution is 5.77. The van der Waals surface area contributed by atoms with Gasteiger partial charge in [0.15, 0.2) is 0 Å². The van der Waals surface area contributed by atoms with Gasteiger partial charge in [-0.3, -0.25) is 9.59 Å². The number of ether oxygens (including phenoxy) is 1. The van der Waals surface area contributed by atoms with Gasteiger partial charge in [0, 0.05) is 6.42 Å². The van der Waals surface area contributed by atoms with E-state index in [0.29, 0.717) is 19.3 Å². The standard InChI is InChI=1S/C62H103NO5/c1-4-7-10-13-16-19-22-25-28-30-31-34-37-40-43-46-49-52-55-62(67)68-58(53-50-47-44-41-38-35-32-27-24-21-18-15-12-9-6-3)56-61(66)63-59(57-64)60(65)54-51-48-45-42-39-36-33-29-26-23-20-17-14-11-8-5-2/h9,12,15-16,18-19,21-22,24-25,27-28,30-32,34-35,38,41,44,58-60,64-65H,4-8,10-11,13-14,17,20,23,26,29,33,36-37,39-40,42-43,45-57H2,1-3H3,(H,63,66)/b12-9-,18-15+,19-16+,24-21+,25-22+,30-28+,32-27-,34-31+,38-35+,44-41+. The van der Waals surface area contributed by atoms with Gasteiger partial charge >= 0.3 is 5.97 Å². The van der Waals surface area contributed by atoms with Gasteiger partial charge in [-0.2, -0.15) is 0 Å². The van der Waals surface area contributed by atoms with E-state index in [4.69, 9.17) is 4.74 Å². The van der Waals surface area contributed by atoms with E-state index in [9.17, 15) is 19.8 Å². The lowest BCUT2D eigenvalue weighted by Crippen LogP contribution is -2.46. The Kier molecular flexibility index (Phi) is 51.2. The third-order valence-corrected chi connectivity index (χ3v) is 12.0. The lowest BCUT2D eigenvalue weighted by atomic mass is 10.0. The number of aliphatic hydroxyl groups excluding tert-OH is 2. The van der Waals surface area contributed by atoms with Crippen LogP contribution in [-0.2, 0) is 14.3 Å². The van der Waals surface area contributed by atoms with Crippen molar-refractivity contribution in [2.45, 2.75) is 251 Å².